The fourth-order valence-corrected chi connectivity index (χ4v) is 4.10. The maximum atomic E-state index is 12.5. The van der Waals surface area contributed by atoms with Gasteiger partial charge in [-0.3, -0.25) is 0 Å². The number of primary sulfonamides is 1. The molecule has 1 heterocycles. The smallest absolute Gasteiger partial charge is 0.359 e. The molecule has 0 bridgehead atoms. The molecule has 0 unspecified atom stereocenters. The Morgan fingerprint density at radius 2 is 1.90 bits per heavy atom. The summed E-state index contributed by atoms with van der Waals surface area (Å²) in [7, 11) is -3.81. The fraction of sp³-hybridized carbons (Fsp3) is 0.200. The van der Waals surface area contributed by atoms with Crippen LogP contribution in [0.2, 0.25) is 0 Å². The third kappa shape index (κ3) is 3.39. The molecular formula is C20H20N4O4S. The predicted octanol–water partition coefficient (Wildman–Crippen LogP) is 2.04. The number of nitrogens with two attached hydrogens (primary N) is 2. The number of hydrogen-bond acceptors (Lipinski definition) is 6. The first-order valence-electron chi connectivity index (χ1n) is 9.10. The quantitative estimate of drug-likeness (QED) is 0.498. The molecular weight excluding hydrogens is 392 g/mol. The normalized spacial score (nSPS) is 12.9. The van der Waals surface area contributed by atoms with Gasteiger partial charge < -0.3 is 10.5 Å². The highest BCUT2D eigenvalue weighted by Gasteiger charge is 2.29. The molecule has 1 aliphatic rings. The van der Waals surface area contributed by atoms with E-state index in [0.29, 0.717) is 17.8 Å². The van der Waals surface area contributed by atoms with Crippen LogP contribution >= 0.6 is 0 Å². The van der Waals surface area contributed by atoms with E-state index in [4.69, 9.17) is 15.6 Å². The van der Waals surface area contributed by atoms with Gasteiger partial charge in [0.25, 0.3) is 0 Å². The molecule has 0 saturated carbocycles. The summed E-state index contributed by atoms with van der Waals surface area (Å²) in [5.41, 5.74) is 11.0. The monoisotopic (exact) mass is 412 g/mol. The van der Waals surface area contributed by atoms with Crippen LogP contribution in [0.1, 0.15) is 28.5 Å². The molecule has 0 amide bonds. The Morgan fingerprint density at radius 1 is 1.17 bits per heavy atom. The number of anilines is 1. The Morgan fingerprint density at radius 3 is 2.55 bits per heavy atom. The summed E-state index contributed by atoms with van der Waals surface area (Å²) in [4.78, 5) is 12.5. The van der Waals surface area contributed by atoms with Crippen molar-refractivity contribution in [2.45, 2.75) is 24.7 Å². The minimum absolute atomic E-state index is 0.00228. The molecule has 150 valence electrons. The first kappa shape index (κ1) is 19.2. The highest BCUT2D eigenvalue weighted by molar-refractivity contribution is 7.89. The van der Waals surface area contributed by atoms with E-state index in [2.05, 4.69) is 5.10 Å². The molecule has 4 N–H and O–H groups in total. The van der Waals surface area contributed by atoms with Crippen LogP contribution in [0.25, 0.3) is 16.9 Å². The molecule has 0 fully saturated rings. The second-order valence-corrected chi connectivity index (χ2v) is 8.32. The zero-order valence-electron chi connectivity index (χ0n) is 15.8. The highest BCUT2D eigenvalue weighted by Crippen LogP contribution is 2.38. The van der Waals surface area contributed by atoms with E-state index in [0.717, 1.165) is 28.8 Å². The molecule has 0 saturated heterocycles. The third-order valence-electron chi connectivity index (χ3n) is 4.90. The number of fused-ring (bicyclic) bond motifs is 3. The van der Waals surface area contributed by atoms with E-state index in [1.807, 2.05) is 18.2 Å². The van der Waals surface area contributed by atoms with Gasteiger partial charge in [0.05, 0.1) is 22.9 Å². The van der Waals surface area contributed by atoms with Crippen LogP contribution in [0.15, 0.2) is 47.4 Å². The van der Waals surface area contributed by atoms with E-state index >= 15 is 0 Å². The fourth-order valence-electron chi connectivity index (χ4n) is 3.58. The van der Waals surface area contributed by atoms with Crippen LogP contribution in [0.4, 0.5) is 5.69 Å². The van der Waals surface area contributed by atoms with Crippen molar-refractivity contribution in [3.8, 4) is 16.9 Å². The molecule has 0 aliphatic heterocycles. The van der Waals surface area contributed by atoms with Gasteiger partial charge in [0.2, 0.25) is 10.0 Å². The molecule has 1 aliphatic carbocycles. The molecule has 2 aromatic carbocycles. The average molecular weight is 412 g/mol. The van der Waals surface area contributed by atoms with Crippen molar-refractivity contribution < 1.29 is 17.9 Å². The van der Waals surface area contributed by atoms with Crippen LogP contribution < -0.4 is 10.9 Å². The van der Waals surface area contributed by atoms with Crippen molar-refractivity contribution in [2.24, 2.45) is 5.14 Å². The maximum Gasteiger partial charge on any atom is 0.359 e. The van der Waals surface area contributed by atoms with Crippen LogP contribution in [0.3, 0.4) is 0 Å². The van der Waals surface area contributed by atoms with Gasteiger partial charge in [-0.15, -0.1) is 0 Å². The maximum absolute atomic E-state index is 12.5. The van der Waals surface area contributed by atoms with Crippen LogP contribution in [0.5, 0.6) is 0 Å². The molecule has 0 spiro atoms. The molecule has 4 rings (SSSR count). The lowest BCUT2D eigenvalue weighted by Crippen LogP contribution is -2.12. The number of benzene rings is 2. The second-order valence-electron chi connectivity index (χ2n) is 6.76. The van der Waals surface area contributed by atoms with E-state index in [1.54, 1.807) is 23.7 Å². The minimum atomic E-state index is -3.81. The lowest BCUT2D eigenvalue weighted by atomic mass is 9.88. The molecule has 8 nitrogen and oxygen atoms in total. The van der Waals surface area contributed by atoms with Crippen LogP contribution in [-0.2, 0) is 27.6 Å². The van der Waals surface area contributed by atoms with Gasteiger partial charge in [0.15, 0.2) is 5.69 Å². The number of nitrogens with zero attached hydrogens (tertiary/aromatic N) is 2. The summed E-state index contributed by atoms with van der Waals surface area (Å²) in [6.45, 7) is 1.98. The van der Waals surface area contributed by atoms with Gasteiger partial charge in [0.1, 0.15) is 0 Å². The minimum Gasteiger partial charge on any atom is -0.461 e. The average Bonchev–Trinajstić information content (AvgIpc) is 3.08. The number of aromatic nitrogens is 2. The largest absolute Gasteiger partial charge is 0.461 e. The predicted molar refractivity (Wildman–Crippen MR) is 108 cm³/mol. The number of sulfonamides is 1. The van der Waals surface area contributed by atoms with Crippen molar-refractivity contribution in [3.05, 3.63) is 59.3 Å². The van der Waals surface area contributed by atoms with Crippen molar-refractivity contribution in [1.82, 2.24) is 9.78 Å². The second kappa shape index (κ2) is 7.02. The summed E-state index contributed by atoms with van der Waals surface area (Å²) in [6, 6.07) is 11.7. The summed E-state index contributed by atoms with van der Waals surface area (Å²) < 4.78 is 29.9. The Labute approximate surface area is 168 Å². The topological polar surface area (TPSA) is 130 Å². The van der Waals surface area contributed by atoms with Crippen LogP contribution in [-0.4, -0.2) is 30.8 Å². The van der Waals surface area contributed by atoms with E-state index in [9.17, 15) is 13.2 Å². The number of aryl methyl sites for hydroxylation is 1. The van der Waals surface area contributed by atoms with Gasteiger partial charge in [-0.1, -0.05) is 6.07 Å². The highest BCUT2D eigenvalue weighted by atomic mass is 32.2. The van der Waals surface area contributed by atoms with Gasteiger partial charge in [-0.25, -0.2) is 23.0 Å². The van der Waals surface area contributed by atoms with E-state index < -0.39 is 16.0 Å². The van der Waals surface area contributed by atoms with Gasteiger partial charge in [-0.05, 0) is 61.7 Å². The Balaban J connectivity index is 1.94. The zero-order chi connectivity index (χ0) is 20.8. The van der Waals surface area contributed by atoms with Crippen molar-refractivity contribution >= 4 is 21.7 Å². The lowest BCUT2D eigenvalue weighted by molar-refractivity contribution is 0.0517. The summed E-state index contributed by atoms with van der Waals surface area (Å²) in [5.74, 6) is -0.490. The molecule has 1 aromatic heterocycles. The van der Waals surface area contributed by atoms with Crippen molar-refractivity contribution in [3.63, 3.8) is 0 Å². The summed E-state index contributed by atoms with van der Waals surface area (Å²) >= 11 is 0. The number of rotatable bonds is 4. The molecule has 29 heavy (non-hydrogen) atoms. The number of carbonyl (C=O) groups is 1. The first-order valence-corrected chi connectivity index (χ1v) is 10.6. The number of esters is 1. The standard InChI is InChI=1S/C20H20N4O4S/c1-2-28-20(25)18-16-10-4-12-3-5-13(21)11-17(12)19(16)24(23-18)14-6-8-15(9-7-14)29(22,26)27/h3,5-9,11H,2,4,10,21H2,1H3,(H2,22,26,27). The van der Waals surface area contributed by atoms with Gasteiger partial charge >= 0.3 is 5.97 Å². The summed E-state index contributed by atoms with van der Waals surface area (Å²) in [5, 5.41) is 9.71. The van der Waals surface area contributed by atoms with Crippen LogP contribution in [0, 0.1) is 0 Å². The zero-order valence-corrected chi connectivity index (χ0v) is 16.6. The summed E-state index contributed by atoms with van der Waals surface area (Å²) in [6.07, 6.45) is 1.39. The van der Waals surface area contributed by atoms with Gasteiger partial charge in [-0.2, -0.15) is 5.10 Å². The third-order valence-corrected chi connectivity index (χ3v) is 5.82. The Hall–Kier alpha value is -3.17. The van der Waals surface area contributed by atoms with Gasteiger partial charge in [0, 0.05) is 16.8 Å². The van der Waals surface area contributed by atoms with Crippen molar-refractivity contribution in [1.29, 1.82) is 0 Å². The number of carbonyl (C=O) groups excluding carboxylic acids is 1. The van der Waals surface area contributed by atoms with E-state index in [-0.39, 0.29) is 17.2 Å². The Kier molecular flexibility index (Phi) is 4.64. The first-order chi connectivity index (χ1) is 13.8. The number of hydrogen-bond donors (Lipinski definition) is 2. The number of nitrogen functional groups attached to an aromatic ring is 1. The van der Waals surface area contributed by atoms with Crippen molar-refractivity contribution in [2.75, 3.05) is 12.3 Å². The Bertz CT molecular complexity index is 1210. The molecule has 0 radical (unpaired) electrons. The SMILES string of the molecule is CCOC(=O)c1nn(-c2ccc(S(N)(=O)=O)cc2)c2c1CCc1ccc(N)cc1-2. The van der Waals surface area contributed by atoms with E-state index in [1.165, 1.54) is 12.1 Å². The lowest BCUT2D eigenvalue weighted by Gasteiger charge is -2.19. The molecule has 9 heteroatoms. The number of ether oxygens (including phenoxy) is 1. The molecule has 0 atom stereocenters. The molecule has 3 aromatic rings.